The van der Waals surface area contributed by atoms with Crippen LogP contribution >= 0.6 is 11.3 Å². The van der Waals surface area contributed by atoms with Crippen molar-refractivity contribution in [1.82, 2.24) is 25.3 Å². The van der Waals surface area contributed by atoms with Crippen molar-refractivity contribution in [3.8, 4) is 0 Å². The van der Waals surface area contributed by atoms with Crippen molar-refractivity contribution in [3.05, 3.63) is 101 Å². The van der Waals surface area contributed by atoms with Gasteiger partial charge in [-0.3, -0.25) is 24.3 Å². The van der Waals surface area contributed by atoms with Crippen LogP contribution < -0.4 is 15.5 Å². The van der Waals surface area contributed by atoms with Gasteiger partial charge in [0.25, 0.3) is 0 Å². The summed E-state index contributed by atoms with van der Waals surface area (Å²) in [5.74, 6) is -0.621. The molecule has 2 aromatic carbocycles. The lowest BCUT2D eigenvalue weighted by Gasteiger charge is -2.31. The molecule has 0 radical (unpaired) electrons. The van der Waals surface area contributed by atoms with Crippen molar-refractivity contribution in [3.63, 3.8) is 0 Å². The van der Waals surface area contributed by atoms with Crippen LogP contribution in [0, 0.1) is 5.92 Å². The third kappa shape index (κ3) is 5.99. The Balaban J connectivity index is 1.34. The second-order valence-corrected chi connectivity index (χ2v) is 10.6. The second-order valence-electron chi connectivity index (χ2n) is 9.85. The summed E-state index contributed by atoms with van der Waals surface area (Å²) in [6.45, 7) is 0.131. The minimum atomic E-state index is -0.952. The van der Waals surface area contributed by atoms with Gasteiger partial charge in [0.2, 0.25) is 17.7 Å². The summed E-state index contributed by atoms with van der Waals surface area (Å²) < 4.78 is 1.53. The average Bonchev–Trinajstić information content (AvgIpc) is 3.58. The van der Waals surface area contributed by atoms with Crippen LogP contribution in [0.2, 0.25) is 0 Å². The summed E-state index contributed by atoms with van der Waals surface area (Å²) in [4.78, 5) is 45.8. The van der Waals surface area contributed by atoms with Crippen molar-refractivity contribution >= 4 is 51.5 Å². The van der Waals surface area contributed by atoms with Crippen LogP contribution in [-0.2, 0) is 27.5 Å². The molecular weight excluding hydrogens is 538 g/mol. The Morgan fingerprint density at radius 2 is 1.85 bits per heavy atom. The van der Waals surface area contributed by atoms with Crippen LogP contribution in [0.4, 0.5) is 11.4 Å². The lowest BCUT2D eigenvalue weighted by atomic mass is 10.1. The minimum absolute atomic E-state index is 0.00493. The first-order chi connectivity index (χ1) is 20.1. The molecule has 5 aromatic rings. The van der Waals surface area contributed by atoms with Gasteiger partial charge in [-0.05, 0) is 83.3 Å². The van der Waals surface area contributed by atoms with Crippen molar-refractivity contribution < 1.29 is 14.4 Å². The highest BCUT2D eigenvalue weighted by Crippen LogP contribution is 2.33. The molecule has 1 unspecified atom stereocenters. The number of carbonyl (C=O) groups excluding carboxylic acids is 3. The maximum atomic E-state index is 14.1. The topological polar surface area (TPSA) is 122 Å². The summed E-state index contributed by atoms with van der Waals surface area (Å²) in [7, 11) is 0. The van der Waals surface area contributed by atoms with Gasteiger partial charge in [0.1, 0.15) is 18.1 Å². The van der Waals surface area contributed by atoms with Crippen molar-refractivity contribution in [1.29, 1.82) is 0 Å². The van der Waals surface area contributed by atoms with Gasteiger partial charge >= 0.3 is 0 Å². The number of para-hydroxylation sites is 1. The Bertz CT molecular complexity index is 1670. The number of benzene rings is 2. The molecule has 3 heterocycles. The molecule has 0 aliphatic heterocycles. The number of amides is 3. The van der Waals surface area contributed by atoms with E-state index >= 15 is 0 Å². The van der Waals surface area contributed by atoms with Crippen LogP contribution in [0.3, 0.4) is 0 Å². The van der Waals surface area contributed by atoms with E-state index in [0.717, 1.165) is 18.4 Å². The zero-order valence-electron chi connectivity index (χ0n) is 22.0. The lowest BCUT2D eigenvalue weighted by Crippen LogP contribution is -2.45. The average molecular weight is 566 g/mol. The number of nitrogens with one attached hydrogen (secondary N) is 2. The monoisotopic (exact) mass is 565 g/mol. The Kier molecular flexibility index (Phi) is 7.50. The third-order valence-electron chi connectivity index (χ3n) is 6.89. The van der Waals surface area contributed by atoms with E-state index in [1.165, 1.54) is 20.9 Å². The van der Waals surface area contributed by atoms with E-state index in [4.69, 9.17) is 0 Å². The predicted octanol–water partition coefficient (Wildman–Crippen LogP) is 4.33. The summed E-state index contributed by atoms with van der Waals surface area (Å²) in [6.07, 6.45) is 5.16. The number of hydrogen-bond acceptors (Lipinski definition) is 7. The van der Waals surface area contributed by atoms with E-state index < -0.39 is 6.04 Å². The summed E-state index contributed by atoms with van der Waals surface area (Å²) >= 11 is 1.45. The molecule has 0 bridgehead atoms. The van der Waals surface area contributed by atoms with E-state index in [9.17, 15) is 14.4 Å². The molecule has 0 saturated heterocycles. The fraction of sp³-hybridized carbons (Fsp3) is 0.200. The van der Waals surface area contributed by atoms with Crippen molar-refractivity contribution in [2.75, 3.05) is 10.2 Å². The van der Waals surface area contributed by atoms with Gasteiger partial charge in [-0.25, -0.2) is 4.68 Å². The second kappa shape index (κ2) is 11.7. The quantitative estimate of drug-likeness (QED) is 0.260. The lowest BCUT2D eigenvalue weighted by molar-refractivity contribution is -0.127. The van der Waals surface area contributed by atoms with Crippen LogP contribution in [0.5, 0.6) is 0 Å². The fourth-order valence-electron chi connectivity index (χ4n) is 4.61. The maximum Gasteiger partial charge on any atom is 0.249 e. The first-order valence-electron chi connectivity index (χ1n) is 13.3. The number of hydrogen-bond donors (Lipinski definition) is 2. The van der Waals surface area contributed by atoms with Crippen LogP contribution in [0.15, 0.2) is 89.9 Å². The van der Waals surface area contributed by atoms with E-state index in [0.29, 0.717) is 28.0 Å². The Labute approximate surface area is 240 Å². The molecule has 2 N–H and O–H groups in total. The van der Waals surface area contributed by atoms with Gasteiger partial charge in [0.15, 0.2) is 0 Å². The van der Waals surface area contributed by atoms with Crippen LogP contribution in [0.25, 0.3) is 11.0 Å². The number of carbonyl (C=O) groups is 3. The van der Waals surface area contributed by atoms with Crippen LogP contribution in [0.1, 0.15) is 30.0 Å². The SMILES string of the molecule is O=C(Nc1ccc(N(C(=O)Cn2nnc3ccccc32)C(C(=O)NCc2cccnc2)c2ccsc2)cc1)C1CC1. The molecular formula is C30H27N7O3S. The number of pyridine rings is 1. The van der Waals surface area contributed by atoms with E-state index in [1.807, 2.05) is 47.2 Å². The van der Waals surface area contributed by atoms with Gasteiger partial charge in [0, 0.05) is 36.2 Å². The Morgan fingerprint density at radius 3 is 2.59 bits per heavy atom. The van der Waals surface area contributed by atoms with Gasteiger partial charge in [-0.2, -0.15) is 11.3 Å². The van der Waals surface area contributed by atoms with Crippen LogP contribution in [-0.4, -0.2) is 37.7 Å². The molecule has 1 aliphatic carbocycles. The number of rotatable bonds is 10. The molecule has 11 heteroatoms. The molecule has 3 aromatic heterocycles. The zero-order valence-corrected chi connectivity index (χ0v) is 22.8. The molecule has 1 aliphatic rings. The van der Waals surface area contributed by atoms with Crippen molar-refractivity contribution in [2.45, 2.75) is 32.0 Å². The first kappa shape index (κ1) is 26.3. The maximum absolute atomic E-state index is 14.1. The smallest absolute Gasteiger partial charge is 0.249 e. The molecule has 0 spiro atoms. The molecule has 10 nitrogen and oxygen atoms in total. The molecule has 41 heavy (non-hydrogen) atoms. The third-order valence-corrected chi connectivity index (χ3v) is 7.59. The van der Waals surface area contributed by atoms with Gasteiger partial charge in [-0.15, -0.1) is 5.10 Å². The molecule has 3 amide bonds. The molecule has 1 atom stereocenters. The number of thiophene rings is 1. The summed E-state index contributed by atoms with van der Waals surface area (Å²) in [5.41, 5.74) is 4.05. The number of nitrogens with zero attached hydrogens (tertiary/aromatic N) is 5. The highest BCUT2D eigenvalue weighted by Gasteiger charge is 2.34. The van der Waals surface area contributed by atoms with E-state index in [1.54, 1.807) is 42.7 Å². The molecule has 1 saturated carbocycles. The van der Waals surface area contributed by atoms with Crippen molar-refractivity contribution in [2.24, 2.45) is 5.92 Å². The van der Waals surface area contributed by atoms with Gasteiger partial charge in [-0.1, -0.05) is 23.4 Å². The van der Waals surface area contributed by atoms with E-state index in [-0.39, 0.29) is 36.7 Å². The number of anilines is 2. The molecule has 6 rings (SSSR count). The molecule has 1 fully saturated rings. The van der Waals surface area contributed by atoms with Gasteiger partial charge < -0.3 is 10.6 Å². The zero-order chi connectivity index (χ0) is 28.2. The standard InChI is InChI=1S/C30H27N7O3S/c38-27(18-36-26-6-2-1-5-25(26)34-35-36)37(24-11-9-23(10-12-24)33-29(39)21-7-8-21)28(22-13-15-41-19-22)30(40)32-17-20-4-3-14-31-16-20/h1-6,9-16,19,21,28H,7-8,17-18H2,(H,32,40)(H,33,39). The Morgan fingerprint density at radius 1 is 1.02 bits per heavy atom. The fourth-order valence-corrected chi connectivity index (χ4v) is 5.29. The Hall–Kier alpha value is -4.90. The normalized spacial score (nSPS) is 13.5. The minimum Gasteiger partial charge on any atom is -0.350 e. The molecule has 206 valence electrons. The summed E-state index contributed by atoms with van der Waals surface area (Å²) in [6, 6.07) is 19.0. The van der Waals surface area contributed by atoms with E-state index in [2.05, 4.69) is 25.9 Å². The first-order valence-corrected chi connectivity index (χ1v) is 14.2. The summed E-state index contributed by atoms with van der Waals surface area (Å²) in [5, 5.41) is 18.0. The largest absolute Gasteiger partial charge is 0.350 e. The number of fused-ring (bicyclic) bond motifs is 1. The highest BCUT2D eigenvalue weighted by atomic mass is 32.1. The predicted molar refractivity (Wildman–Crippen MR) is 156 cm³/mol. The van der Waals surface area contributed by atoms with Gasteiger partial charge in [0.05, 0.1) is 5.52 Å². The highest BCUT2D eigenvalue weighted by molar-refractivity contribution is 7.08. The number of aromatic nitrogens is 4.